The number of nitrogens with zero attached hydrogens (tertiary/aromatic N) is 4. The van der Waals surface area contributed by atoms with Gasteiger partial charge in [-0.2, -0.15) is 0 Å². The zero-order valence-corrected chi connectivity index (χ0v) is 17.1. The number of nitrogens with two attached hydrogens (primary N) is 1. The molecule has 1 saturated carbocycles. The highest BCUT2D eigenvalue weighted by molar-refractivity contribution is 5.90. The van der Waals surface area contributed by atoms with Crippen LogP contribution in [0.1, 0.15) is 62.3 Å². The van der Waals surface area contributed by atoms with Crippen LogP contribution in [0.5, 0.6) is 0 Å². The summed E-state index contributed by atoms with van der Waals surface area (Å²) in [6, 6.07) is 4.74. The van der Waals surface area contributed by atoms with Gasteiger partial charge in [-0.15, -0.1) is 0 Å². The molecular weight excluding hydrogens is 388 g/mol. The maximum atomic E-state index is 13.3. The predicted molar refractivity (Wildman–Crippen MR) is 115 cm³/mol. The van der Waals surface area contributed by atoms with Gasteiger partial charge in [0, 0.05) is 54.9 Å². The predicted octanol–water partition coefficient (Wildman–Crippen LogP) is 3.59. The van der Waals surface area contributed by atoms with Crippen LogP contribution in [-0.2, 0) is 0 Å². The number of hydrogen-bond acceptors (Lipinski definition) is 6. The minimum Gasteiger partial charge on any atom is -0.396 e. The number of hydrogen-bond donors (Lipinski definition) is 2. The van der Waals surface area contributed by atoms with Gasteiger partial charge in [0.1, 0.15) is 11.6 Å². The fraction of sp³-hybridized carbons (Fsp3) is 0.591. The molecule has 1 aromatic heterocycles. The Hall–Kier alpha value is -2.19. The first-order chi connectivity index (χ1) is 14.5. The highest BCUT2D eigenvalue weighted by atomic mass is 19.3. The van der Waals surface area contributed by atoms with E-state index in [-0.39, 0.29) is 24.1 Å². The van der Waals surface area contributed by atoms with Crippen molar-refractivity contribution in [1.29, 1.82) is 0 Å². The second kappa shape index (κ2) is 9.31. The van der Waals surface area contributed by atoms with Crippen molar-refractivity contribution in [2.24, 2.45) is 10.7 Å². The quantitative estimate of drug-likeness (QED) is 0.702. The molecule has 0 unspecified atom stereocenters. The Balaban J connectivity index is 1.63. The molecule has 1 aliphatic carbocycles. The molecule has 1 saturated heterocycles. The first-order valence-electron chi connectivity index (χ1n) is 10.8. The summed E-state index contributed by atoms with van der Waals surface area (Å²) >= 11 is 0. The summed E-state index contributed by atoms with van der Waals surface area (Å²) < 4.78 is 26.6. The third-order valence-electron chi connectivity index (χ3n) is 6.07. The molecule has 1 aliphatic heterocycles. The van der Waals surface area contributed by atoms with Crippen molar-refractivity contribution in [3.8, 4) is 0 Å². The second-order valence-corrected chi connectivity index (χ2v) is 8.28. The molecule has 6 nitrogen and oxygen atoms in total. The van der Waals surface area contributed by atoms with Crippen molar-refractivity contribution >= 4 is 22.4 Å². The Morgan fingerprint density at radius 3 is 2.67 bits per heavy atom. The van der Waals surface area contributed by atoms with Crippen LogP contribution >= 0.6 is 0 Å². The minimum atomic E-state index is -2.52. The monoisotopic (exact) mass is 417 g/mol. The minimum absolute atomic E-state index is 0.00926. The van der Waals surface area contributed by atoms with Crippen molar-refractivity contribution in [1.82, 2.24) is 9.97 Å². The van der Waals surface area contributed by atoms with Gasteiger partial charge in [0.2, 0.25) is 0 Å². The molecule has 0 radical (unpaired) electrons. The van der Waals surface area contributed by atoms with E-state index in [1.807, 2.05) is 0 Å². The summed E-state index contributed by atoms with van der Waals surface area (Å²) in [4.78, 5) is 16.3. The molecule has 4 rings (SSSR count). The molecule has 162 valence electrons. The lowest BCUT2D eigenvalue weighted by Gasteiger charge is -2.25. The van der Waals surface area contributed by atoms with Crippen molar-refractivity contribution in [2.75, 3.05) is 31.1 Å². The van der Waals surface area contributed by atoms with Gasteiger partial charge in [-0.25, -0.2) is 18.7 Å². The van der Waals surface area contributed by atoms with E-state index in [0.29, 0.717) is 30.4 Å². The number of fused-ring (bicyclic) bond motifs is 1. The summed E-state index contributed by atoms with van der Waals surface area (Å²) in [5, 5.41) is 9.59. The van der Waals surface area contributed by atoms with Crippen LogP contribution in [0.2, 0.25) is 0 Å². The topological polar surface area (TPSA) is 87.6 Å². The summed E-state index contributed by atoms with van der Waals surface area (Å²) in [6.45, 7) is 2.30. The van der Waals surface area contributed by atoms with Gasteiger partial charge < -0.3 is 15.7 Å². The van der Waals surface area contributed by atoms with E-state index in [1.165, 1.54) is 17.8 Å². The first-order valence-corrected chi connectivity index (χ1v) is 10.8. The molecule has 3 N–H and O–H groups in total. The number of alkyl halides is 2. The molecule has 2 aliphatic rings. The normalized spacial score (nSPS) is 22.3. The van der Waals surface area contributed by atoms with Gasteiger partial charge in [-0.3, -0.25) is 4.99 Å². The molecule has 1 aromatic carbocycles. The van der Waals surface area contributed by atoms with Crippen molar-refractivity contribution < 1.29 is 13.9 Å². The van der Waals surface area contributed by atoms with E-state index in [9.17, 15) is 8.78 Å². The maximum absolute atomic E-state index is 13.3. The van der Waals surface area contributed by atoms with E-state index >= 15 is 0 Å². The molecule has 0 amide bonds. The fourth-order valence-corrected chi connectivity index (χ4v) is 4.36. The third kappa shape index (κ3) is 4.59. The number of aliphatic hydroxyl groups excluding tert-OH is 1. The summed E-state index contributed by atoms with van der Waals surface area (Å²) in [6.07, 6.45) is 2.71. The number of aliphatic imine (C=N–C) groups is 1. The summed E-state index contributed by atoms with van der Waals surface area (Å²) in [5.41, 5.74) is 8.00. The van der Waals surface area contributed by atoms with E-state index in [2.05, 4.69) is 9.89 Å². The summed E-state index contributed by atoms with van der Waals surface area (Å²) in [7, 11) is 0. The van der Waals surface area contributed by atoms with Crippen LogP contribution in [0, 0.1) is 0 Å². The first kappa shape index (κ1) is 21.1. The number of anilines is 1. The van der Waals surface area contributed by atoms with Gasteiger partial charge in [-0.1, -0.05) is 6.07 Å². The van der Waals surface area contributed by atoms with Crippen LogP contribution in [0.3, 0.4) is 0 Å². The zero-order chi connectivity index (χ0) is 21.1. The number of aliphatic hydroxyl groups is 1. The molecule has 0 spiro atoms. The molecule has 0 bridgehead atoms. The van der Waals surface area contributed by atoms with Crippen LogP contribution in [0.4, 0.5) is 14.6 Å². The smallest absolute Gasteiger partial charge is 0.263 e. The molecule has 2 heterocycles. The largest absolute Gasteiger partial charge is 0.396 e. The zero-order valence-electron chi connectivity index (χ0n) is 17.1. The van der Waals surface area contributed by atoms with Gasteiger partial charge in [0.05, 0.1) is 5.52 Å². The van der Waals surface area contributed by atoms with Crippen molar-refractivity contribution in [2.45, 2.75) is 56.9 Å². The number of aromatic nitrogens is 2. The van der Waals surface area contributed by atoms with Crippen LogP contribution in [0.25, 0.3) is 10.9 Å². The van der Waals surface area contributed by atoms with Crippen molar-refractivity contribution in [3.63, 3.8) is 0 Å². The number of rotatable bonds is 6. The average molecular weight is 418 g/mol. The molecule has 2 aromatic rings. The van der Waals surface area contributed by atoms with Gasteiger partial charge in [0.15, 0.2) is 0 Å². The van der Waals surface area contributed by atoms with E-state index in [1.54, 1.807) is 6.07 Å². The van der Waals surface area contributed by atoms with Crippen LogP contribution in [-0.4, -0.2) is 53.1 Å². The van der Waals surface area contributed by atoms with Gasteiger partial charge >= 0.3 is 0 Å². The SMILES string of the molecule is N[C@H]1CCN(c2nc(C3CCC(=NCCCO)CC3)nc3ccc(C(F)F)cc23)C1. The average Bonchev–Trinajstić information content (AvgIpc) is 3.19. The Bertz CT molecular complexity index is 910. The summed E-state index contributed by atoms with van der Waals surface area (Å²) in [5.74, 6) is 1.75. The Morgan fingerprint density at radius 1 is 1.20 bits per heavy atom. The third-order valence-corrected chi connectivity index (χ3v) is 6.07. The van der Waals surface area contributed by atoms with E-state index < -0.39 is 6.43 Å². The lowest BCUT2D eigenvalue weighted by molar-refractivity contribution is 0.151. The van der Waals surface area contributed by atoms with E-state index in [0.717, 1.165) is 50.3 Å². The Morgan fingerprint density at radius 2 is 2.00 bits per heavy atom. The molecule has 8 heteroatoms. The van der Waals surface area contributed by atoms with Crippen molar-refractivity contribution in [3.05, 3.63) is 29.6 Å². The molecule has 1 atom stereocenters. The fourth-order valence-electron chi connectivity index (χ4n) is 4.36. The standard InChI is InChI=1S/C22H29F2N5O/c23-20(24)15-4-7-19-18(12-15)22(29-10-8-16(25)13-29)28-21(27-19)14-2-5-17(6-3-14)26-9-1-11-30/h4,7,12,14,16,20,30H,1-3,5-6,8-11,13,25H2/t14?,16-/m0/s1. The highest BCUT2D eigenvalue weighted by Gasteiger charge is 2.27. The lowest BCUT2D eigenvalue weighted by Crippen LogP contribution is -2.27. The molecule has 2 fully saturated rings. The van der Waals surface area contributed by atoms with Gasteiger partial charge in [0.25, 0.3) is 6.43 Å². The molecule has 30 heavy (non-hydrogen) atoms. The van der Waals surface area contributed by atoms with E-state index in [4.69, 9.17) is 20.8 Å². The molecular formula is C22H29F2N5O. The number of halogens is 2. The Kier molecular flexibility index (Phi) is 6.53. The highest BCUT2D eigenvalue weighted by Crippen LogP contribution is 2.35. The Labute approximate surface area is 175 Å². The second-order valence-electron chi connectivity index (χ2n) is 8.28. The van der Waals surface area contributed by atoms with Crippen LogP contribution in [0.15, 0.2) is 23.2 Å². The van der Waals surface area contributed by atoms with Crippen LogP contribution < -0.4 is 10.6 Å². The maximum Gasteiger partial charge on any atom is 0.263 e. The number of benzene rings is 1. The lowest BCUT2D eigenvalue weighted by atomic mass is 9.87. The van der Waals surface area contributed by atoms with Gasteiger partial charge in [-0.05, 0) is 50.7 Å².